The molecule has 0 bridgehead atoms. The smallest absolute Gasteiger partial charge is 0.223 e. The van der Waals surface area contributed by atoms with Gasteiger partial charge in [0.15, 0.2) is 0 Å². The van der Waals surface area contributed by atoms with E-state index in [0.29, 0.717) is 19.1 Å². The molecule has 0 spiro atoms. The van der Waals surface area contributed by atoms with Crippen LogP contribution in [-0.4, -0.2) is 31.2 Å². The Morgan fingerprint density at radius 2 is 2.12 bits per heavy atom. The molecule has 4 nitrogen and oxygen atoms in total. The molecule has 3 unspecified atom stereocenters. The van der Waals surface area contributed by atoms with Crippen molar-refractivity contribution in [2.24, 2.45) is 17.6 Å². The van der Waals surface area contributed by atoms with E-state index in [1.807, 2.05) is 13.8 Å². The highest BCUT2D eigenvalue weighted by molar-refractivity contribution is 5.78. The molecule has 17 heavy (non-hydrogen) atoms. The molecule has 1 saturated carbocycles. The second-order valence-electron chi connectivity index (χ2n) is 5.48. The molecule has 1 fully saturated rings. The van der Waals surface area contributed by atoms with Crippen LogP contribution in [0.3, 0.4) is 0 Å². The van der Waals surface area contributed by atoms with E-state index in [0.717, 1.165) is 19.3 Å². The Morgan fingerprint density at radius 1 is 1.41 bits per heavy atom. The minimum Gasteiger partial charge on any atom is -0.377 e. The van der Waals surface area contributed by atoms with Gasteiger partial charge in [0.2, 0.25) is 5.91 Å². The van der Waals surface area contributed by atoms with E-state index in [9.17, 15) is 4.79 Å². The maximum Gasteiger partial charge on any atom is 0.223 e. The van der Waals surface area contributed by atoms with Gasteiger partial charge < -0.3 is 15.8 Å². The van der Waals surface area contributed by atoms with Crippen LogP contribution in [0.2, 0.25) is 0 Å². The lowest BCUT2D eigenvalue weighted by Crippen LogP contribution is -2.41. The molecular weight excluding hydrogens is 216 g/mol. The van der Waals surface area contributed by atoms with E-state index in [1.54, 1.807) is 0 Å². The zero-order chi connectivity index (χ0) is 12.8. The maximum atomic E-state index is 11.9. The Labute approximate surface area is 104 Å². The van der Waals surface area contributed by atoms with E-state index in [-0.39, 0.29) is 24.0 Å². The van der Waals surface area contributed by atoms with Gasteiger partial charge in [0.25, 0.3) is 0 Å². The molecule has 1 rings (SSSR count). The molecule has 0 saturated heterocycles. The predicted octanol–water partition coefficient (Wildman–Crippen LogP) is 1.29. The van der Waals surface area contributed by atoms with Gasteiger partial charge in [-0.1, -0.05) is 6.92 Å². The number of amides is 1. The average molecular weight is 242 g/mol. The quantitative estimate of drug-likeness (QED) is 0.714. The summed E-state index contributed by atoms with van der Waals surface area (Å²) in [5.41, 5.74) is 5.94. The van der Waals surface area contributed by atoms with Crippen LogP contribution >= 0.6 is 0 Å². The van der Waals surface area contributed by atoms with Gasteiger partial charge in [0.1, 0.15) is 0 Å². The minimum atomic E-state index is 0.0906. The van der Waals surface area contributed by atoms with Crippen molar-refractivity contribution in [1.29, 1.82) is 0 Å². The molecule has 3 atom stereocenters. The maximum absolute atomic E-state index is 11.9. The van der Waals surface area contributed by atoms with E-state index < -0.39 is 0 Å². The lowest BCUT2D eigenvalue weighted by molar-refractivity contribution is -0.126. The van der Waals surface area contributed by atoms with Crippen LogP contribution in [0.1, 0.15) is 40.0 Å². The van der Waals surface area contributed by atoms with Crippen molar-refractivity contribution < 1.29 is 9.53 Å². The van der Waals surface area contributed by atoms with Crippen LogP contribution in [0.5, 0.6) is 0 Å². The molecule has 1 aliphatic rings. The first-order chi connectivity index (χ1) is 7.99. The van der Waals surface area contributed by atoms with Crippen molar-refractivity contribution in [2.75, 3.05) is 13.2 Å². The predicted molar refractivity (Wildman–Crippen MR) is 68.6 cm³/mol. The number of carbonyl (C=O) groups excluding carboxylic acids is 1. The topological polar surface area (TPSA) is 64.4 Å². The standard InChI is InChI=1S/C13H26N2O2/c1-9(2)17-5-4-15-13(16)11-6-10(3)7-12(14)8-11/h9-12H,4-8,14H2,1-3H3,(H,15,16). The summed E-state index contributed by atoms with van der Waals surface area (Å²) in [6, 6.07) is 0.182. The first kappa shape index (κ1) is 14.5. The number of nitrogens with two attached hydrogens (primary N) is 1. The van der Waals surface area contributed by atoms with Gasteiger partial charge in [0, 0.05) is 18.5 Å². The normalized spacial score (nSPS) is 29.4. The molecule has 0 radical (unpaired) electrons. The summed E-state index contributed by atoms with van der Waals surface area (Å²) in [5, 5.41) is 2.93. The molecule has 0 aliphatic heterocycles. The number of rotatable bonds is 5. The summed E-state index contributed by atoms with van der Waals surface area (Å²) in [6.07, 6.45) is 3.04. The first-order valence-corrected chi connectivity index (χ1v) is 6.64. The van der Waals surface area contributed by atoms with Crippen LogP contribution in [0, 0.1) is 11.8 Å². The lowest BCUT2D eigenvalue weighted by Gasteiger charge is -2.30. The fourth-order valence-electron chi connectivity index (χ4n) is 2.48. The SMILES string of the molecule is CC1CC(N)CC(C(=O)NCCOC(C)C)C1. The molecule has 0 aromatic rings. The Bertz CT molecular complexity index is 234. The third kappa shape index (κ3) is 5.50. The van der Waals surface area contributed by atoms with Crippen molar-refractivity contribution in [2.45, 2.75) is 52.2 Å². The molecule has 4 heteroatoms. The fraction of sp³-hybridized carbons (Fsp3) is 0.923. The Balaban J connectivity index is 2.22. The van der Waals surface area contributed by atoms with Crippen molar-refractivity contribution in [1.82, 2.24) is 5.32 Å². The molecule has 0 aromatic heterocycles. The first-order valence-electron chi connectivity index (χ1n) is 6.64. The van der Waals surface area contributed by atoms with Gasteiger partial charge in [-0.3, -0.25) is 4.79 Å². The van der Waals surface area contributed by atoms with E-state index in [1.165, 1.54) is 0 Å². The molecular formula is C13H26N2O2. The summed E-state index contributed by atoms with van der Waals surface area (Å²) in [7, 11) is 0. The summed E-state index contributed by atoms with van der Waals surface area (Å²) in [5.74, 6) is 0.786. The zero-order valence-electron chi connectivity index (χ0n) is 11.2. The van der Waals surface area contributed by atoms with Crippen molar-refractivity contribution in [3.05, 3.63) is 0 Å². The third-order valence-corrected chi connectivity index (χ3v) is 3.20. The second kappa shape index (κ2) is 6.97. The van der Waals surface area contributed by atoms with Crippen molar-refractivity contribution >= 4 is 5.91 Å². The number of ether oxygens (including phenoxy) is 1. The van der Waals surface area contributed by atoms with Crippen molar-refractivity contribution in [3.8, 4) is 0 Å². The van der Waals surface area contributed by atoms with Crippen LogP contribution in [-0.2, 0) is 9.53 Å². The summed E-state index contributed by atoms with van der Waals surface area (Å²) >= 11 is 0. The zero-order valence-corrected chi connectivity index (χ0v) is 11.2. The Morgan fingerprint density at radius 3 is 2.71 bits per heavy atom. The third-order valence-electron chi connectivity index (χ3n) is 3.20. The van der Waals surface area contributed by atoms with Crippen LogP contribution < -0.4 is 11.1 Å². The molecule has 1 aliphatic carbocycles. The Hall–Kier alpha value is -0.610. The monoisotopic (exact) mass is 242 g/mol. The minimum absolute atomic E-state index is 0.0906. The molecule has 0 heterocycles. The highest BCUT2D eigenvalue weighted by Crippen LogP contribution is 2.27. The van der Waals surface area contributed by atoms with Gasteiger partial charge in [-0.2, -0.15) is 0 Å². The lowest BCUT2D eigenvalue weighted by atomic mass is 9.79. The van der Waals surface area contributed by atoms with Crippen LogP contribution in [0.4, 0.5) is 0 Å². The van der Waals surface area contributed by atoms with E-state index in [4.69, 9.17) is 10.5 Å². The summed E-state index contributed by atoms with van der Waals surface area (Å²) in [6.45, 7) is 7.32. The second-order valence-corrected chi connectivity index (χ2v) is 5.48. The average Bonchev–Trinajstić information content (AvgIpc) is 2.22. The van der Waals surface area contributed by atoms with E-state index in [2.05, 4.69) is 12.2 Å². The summed E-state index contributed by atoms with van der Waals surface area (Å²) < 4.78 is 5.38. The molecule has 3 N–H and O–H groups in total. The van der Waals surface area contributed by atoms with Gasteiger partial charge in [-0.15, -0.1) is 0 Å². The van der Waals surface area contributed by atoms with Crippen LogP contribution in [0.15, 0.2) is 0 Å². The number of carbonyl (C=O) groups is 1. The molecule has 1 amide bonds. The van der Waals surface area contributed by atoms with Gasteiger partial charge in [0.05, 0.1) is 12.7 Å². The van der Waals surface area contributed by atoms with Crippen molar-refractivity contribution in [3.63, 3.8) is 0 Å². The largest absolute Gasteiger partial charge is 0.377 e. The van der Waals surface area contributed by atoms with Gasteiger partial charge in [-0.05, 0) is 39.0 Å². The number of nitrogens with one attached hydrogen (secondary N) is 1. The highest BCUT2D eigenvalue weighted by Gasteiger charge is 2.28. The van der Waals surface area contributed by atoms with Gasteiger partial charge >= 0.3 is 0 Å². The number of hydrogen-bond donors (Lipinski definition) is 2. The Kier molecular flexibility index (Phi) is 5.92. The molecule has 0 aromatic carbocycles. The molecule has 100 valence electrons. The highest BCUT2D eigenvalue weighted by atomic mass is 16.5. The fourth-order valence-corrected chi connectivity index (χ4v) is 2.48. The van der Waals surface area contributed by atoms with Gasteiger partial charge in [-0.25, -0.2) is 0 Å². The van der Waals surface area contributed by atoms with Crippen LogP contribution in [0.25, 0.3) is 0 Å². The van der Waals surface area contributed by atoms with E-state index >= 15 is 0 Å². The number of hydrogen-bond acceptors (Lipinski definition) is 3. The summed E-state index contributed by atoms with van der Waals surface area (Å²) in [4.78, 5) is 11.9.